The van der Waals surface area contributed by atoms with Crippen LogP contribution in [0.3, 0.4) is 0 Å². The minimum Gasteiger partial charge on any atom is -0.404 e. The van der Waals surface area contributed by atoms with Gasteiger partial charge >= 0.3 is 6.18 Å². The second-order valence-electron chi connectivity index (χ2n) is 7.31. The first-order chi connectivity index (χ1) is 15.6. The molecule has 33 heavy (non-hydrogen) atoms. The fourth-order valence-electron chi connectivity index (χ4n) is 2.95. The van der Waals surface area contributed by atoms with Gasteiger partial charge in [-0.3, -0.25) is 14.6 Å². The number of alkyl halides is 3. The molecule has 5 N–H and O–H groups in total. The lowest BCUT2D eigenvalue weighted by molar-refractivity contribution is -0.137. The van der Waals surface area contributed by atoms with E-state index in [1.165, 1.54) is 24.4 Å². The van der Waals surface area contributed by atoms with E-state index < -0.39 is 23.2 Å². The molecule has 2 aromatic rings. The molecule has 1 saturated carbocycles. The van der Waals surface area contributed by atoms with Gasteiger partial charge in [0.25, 0.3) is 5.91 Å². The average Bonchev–Trinajstić information content (AvgIpc) is 3.55. The molecule has 1 aliphatic rings. The smallest absolute Gasteiger partial charge is 0.404 e. The first-order valence-corrected chi connectivity index (χ1v) is 10.5. The topological polar surface area (TPSA) is 109 Å². The standard InChI is InChI=1S/C21H19ClF3N5O2S/c22-13-1-4-17(16(7-13)21(23,24)25)29-15-3-2-14(27-10-15)9-28-19(32)20(5-6-20)30-18(31)12(8-26)11-33/h1-4,7-8,10-11,29H,5-6,9,26H2,(H,28,32)(H,30,31). The lowest BCUT2D eigenvalue weighted by Gasteiger charge is -2.17. The molecule has 7 nitrogen and oxygen atoms in total. The van der Waals surface area contributed by atoms with Gasteiger partial charge in [-0.15, -0.1) is 0 Å². The molecule has 1 heterocycles. The number of nitrogens with two attached hydrogens (primary N) is 1. The molecule has 174 valence electrons. The Balaban J connectivity index is 1.60. The molecule has 1 fully saturated rings. The normalized spacial score (nSPS) is 14.8. The highest BCUT2D eigenvalue weighted by Crippen LogP contribution is 2.38. The van der Waals surface area contributed by atoms with Gasteiger partial charge in [0.1, 0.15) is 5.54 Å². The van der Waals surface area contributed by atoms with Crippen LogP contribution in [-0.2, 0) is 22.3 Å². The molecule has 0 bridgehead atoms. The van der Waals surface area contributed by atoms with Crippen molar-refractivity contribution >= 4 is 52.4 Å². The summed E-state index contributed by atoms with van der Waals surface area (Å²) in [4.78, 5) is 28.8. The van der Waals surface area contributed by atoms with E-state index in [-0.39, 0.29) is 28.7 Å². The monoisotopic (exact) mass is 497 g/mol. The Morgan fingerprint density at radius 2 is 1.97 bits per heavy atom. The van der Waals surface area contributed by atoms with Crippen LogP contribution in [0.1, 0.15) is 24.1 Å². The molecular weight excluding hydrogens is 479 g/mol. The van der Waals surface area contributed by atoms with Crippen LogP contribution in [0.25, 0.3) is 0 Å². The van der Waals surface area contributed by atoms with Gasteiger partial charge in [-0.05, 0) is 43.2 Å². The van der Waals surface area contributed by atoms with Crippen molar-refractivity contribution < 1.29 is 22.8 Å². The van der Waals surface area contributed by atoms with Crippen molar-refractivity contribution in [2.45, 2.75) is 31.1 Å². The van der Waals surface area contributed by atoms with E-state index in [1.54, 1.807) is 6.07 Å². The number of anilines is 2. The predicted octanol–water partition coefficient (Wildman–Crippen LogP) is 3.60. The Labute approximate surface area is 197 Å². The highest BCUT2D eigenvalue weighted by Gasteiger charge is 2.51. The van der Waals surface area contributed by atoms with E-state index in [2.05, 4.69) is 20.9 Å². The molecule has 2 amide bonds. The van der Waals surface area contributed by atoms with Crippen LogP contribution < -0.4 is 21.7 Å². The number of pyridine rings is 1. The first-order valence-electron chi connectivity index (χ1n) is 9.64. The Hall–Kier alpha value is -3.18. The molecule has 0 spiro atoms. The summed E-state index contributed by atoms with van der Waals surface area (Å²) in [6.07, 6.45) is -1.22. The minimum absolute atomic E-state index is 0.0285. The number of aromatic nitrogens is 1. The van der Waals surface area contributed by atoms with Crippen LogP contribution in [0.5, 0.6) is 0 Å². The van der Waals surface area contributed by atoms with E-state index in [9.17, 15) is 22.8 Å². The van der Waals surface area contributed by atoms with Gasteiger partial charge in [0.05, 0.1) is 40.9 Å². The third-order valence-electron chi connectivity index (χ3n) is 4.93. The van der Waals surface area contributed by atoms with Gasteiger partial charge in [-0.2, -0.15) is 13.2 Å². The fraction of sp³-hybridized carbons (Fsp3) is 0.238. The van der Waals surface area contributed by atoms with Gasteiger partial charge in [-0.1, -0.05) is 23.8 Å². The van der Waals surface area contributed by atoms with E-state index in [4.69, 9.17) is 29.6 Å². The van der Waals surface area contributed by atoms with Crippen LogP contribution in [0.2, 0.25) is 5.02 Å². The van der Waals surface area contributed by atoms with Gasteiger partial charge in [0, 0.05) is 16.6 Å². The van der Waals surface area contributed by atoms with Crippen molar-refractivity contribution in [3.05, 3.63) is 64.6 Å². The lowest BCUT2D eigenvalue weighted by atomic mass is 10.1. The Morgan fingerprint density at radius 3 is 2.52 bits per heavy atom. The number of hydrogen-bond donors (Lipinski definition) is 4. The van der Waals surface area contributed by atoms with Crippen LogP contribution in [-0.4, -0.2) is 27.7 Å². The number of carbonyl (C=O) groups excluding carboxylic acids is 2. The fourth-order valence-corrected chi connectivity index (χ4v) is 3.31. The molecule has 12 heteroatoms. The summed E-state index contributed by atoms with van der Waals surface area (Å²) in [7, 11) is 0. The lowest BCUT2D eigenvalue weighted by Crippen LogP contribution is -2.49. The van der Waals surface area contributed by atoms with Gasteiger partial charge in [-0.25, -0.2) is 0 Å². The van der Waals surface area contributed by atoms with Crippen LogP contribution in [0.15, 0.2) is 48.3 Å². The van der Waals surface area contributed by atoms with Crippen molar-refractivity contribution in [1.29, 1.82) is 0 Å². The second-order valence-corrected chi connectivity index (χ2v) is 7.98. The molecule has 3 rings (SSSR count). The van der Waals surface area contributed by atoms with Crippen molar-refractivity contribution in [2.75, 3.05) is 5.32 Å². The molecule has 1 aliphatic carbocycles. The summed E-state index contributed by atoms with van der Waals surface area (Å²) in [5.74, 6) is -0.911. The van der Waals surface area contributed by atoms with Crippen LogP contribution in [0, 0.1) is 0 Å². The maximum absolute atomic E-state index is 13.2. The van der Waals surface area contributed by atoms with Crippen molar-refractivity contribution in [2.24, 2.45) is 5.73 Å². The summed E-state index contributed by atoms with van der Waals surface area (Å²) in [5.41, 5.74) is 4.14. The highest BCUT2D eigenvalue weighted by atomic mass is 35.5. The molecule has 0 saturated heterocycles. The van der Waals surface area contributed by atoms with Crippen molar-refractivity contribution in [3.63, 3.8) is 0 Å². The SMILES string of the molecule is NC=C(C=S)C(=O)NC1(C(=O)NCc2ccc(Nc3ccc(Cl)cc3C(F)(F)F)cn2)CC1. The van der Waals surface area contributed by atoms with E-state index >= 15 is 0 Å². The molecule has 0 unspecified atom stereocenters. The Bertz CT molecular complexity index is 1100. The number of nitrogens with one attached hydrogen (secondary N) is 3. The van der Waals surface area contributed by atoms with Gasteiger partial charge in [0.15, 0.2) is 0 Å². The van der Waals surface area contributed by atoms with Gasteiger partial charge < -0.3 is 21.7 Å². The third kappa shape index (κ3) is 5.99. The highest BCUT2D eigenvalue weighted by molar-refractivity contribution is 7.79. The number of nitrogens with zero attached hydrogens (tertiary/aromatic N) is 1. The quantitative estimate of drug-likeness (QED) is 0.328. The van der Waals surface area contributed by atoms with Crippen LogP contribution in [0.4, 0.5) is 24.5 Å². The summed E-state index contributed by atoms with van der Waals surface area (Å²) in [6, 6.07) is 6.52. The van der Waals surface area contributed by atoms with Crippen LogP contribution >= 0.6 is 23.8 Å². The number of amides is 2. The molecule has 1 aromatic carbocycles. The number of halogens is 4. The van der Waals surface area contributed by atoms with Crippen molar-refractivity contribution in [3.8, 4) is 0 Å². The number of rotatable bonds is 8. The summed E-state index contributed by atoms with van der Waals surface area (Å²) in [5, 5.41) is 9.11. The molecule has 0 atom stereocenters. The Kier molecular flexibility index (Phi) is 7.23. The zero-order valence-electron chi connectivity index (χ0n) is 17.0. The predicted molar refractivity (Wildman–Crippen MR) is 122 cm³/mol. The summed E-state index contributed by atoms with van der Waals surface area (Å²) < 4.78 is 39.7. The molecule has 0 aliphatic heterocycles. The zero-order chi connectivity index (χ0) is 24.2. The first kappa shape index (κ1) is 24.5. The number of carbonyl (C=O) groups is 2. The van der Waals surface area contributed by atoms with E-state index in [0.29, 0.717) is 24.2 Å². The molecular formula is C21H19ClF3N5O2S. The summed E-state index contributed by atoms with van der Waals surface area (Å²) in [6.45, 7) is 0.0677. The molecule has 1 aromatic heterocycles. The zero-order valence-corrected chi connectivity index (χ0v) is 18.6. The number of benzene rings is 1. The van der Waals surface area contributed by atoms with Gasteiger partial charge in [0.2, 0.25) is 5.91 Å². The number of hydrogen-bond acceptors (Lipinski definition) is 6. The Morgan fingerprint density at radius 1 is 1.24 bits per heavy atom. The van der Waals surface area contributed by atoms with E-state index in [0.717, 1.165) is 17.6 Å². The average molecular weight is 498 g/mol. The summed E-state index contributed by atoms with van der Waals surface area (Å²) >= 11 is 10.4. The third-order valence-corrected chi connectivity index (χ3v) is 5.42. The van der Waals surface area contributed by atoms with E-state index in [1.807, 2.05) is 0 Å². The molecule has 0 radical (unpaired) electrons. The minimum atomic E-state index is -4.58. The largest absolute Gasteiger partial charge is 0.418 e. The maximum Gasteiger partial charge on any atom is 0.418 e. The van der Waals surface area contributed by atoms with Crippen molar-refractivity contribution in [1.82, 2.24) is 15.6 Å². The second kappa shape index (κ2) is 9.75. The maximum atomic E-state index is 13.2. The number of thiocarbonyl (C=S) groups is 1.